The van der Waals surface area contributed by atoms with E-state index in [2.05, 4.69) is 5.32 Å². The number of hydrogen-bond donors (Lipinski definition) is 1. The maximum absolute atomic E-state index is 12.6. The molecule has 23 heavy (non-hydrogen) atoms. The lowest BCUT2D eigenvalue weighted by molar-refractivity contribution is -0.131. The summed E-state index contributed by atoms with van der Waals surface area (Å²) in [5.74, 6) is -0.0510. The smallest absolute Gasteiger partial charge is 0.339 e. The summed E-state index contributed by atoms with van der Waals surface area (Å²) in [6.07, 6.45) is 1.99. The molecule has 0 spiro atoms. The maximum atomic E-state index is 12.6. The quantitative estimate of drug-likeness (QED) is 0.683. The lowest BCUT2D eigenvalue weighted by atomic mass is 9.83. The number of hydrogen-bond acceptors (Lipinski definition) is 5. The van der Waals surface area contributed by atoms with Crippen molar-refractivity contribution in [3.05, 3.63) is 29.3 Å². The van der Waals surface area contributed by atoms with Crippen LogP contribution in [-0.2, 0) is 9.53 Å². The van der Waals surface area contributed by atoms with Crippen LogP contribution in [-0.4, -0.2) is 30.6 Å². The van der Waals surface area contributed by atoms with Gasteiger partial charge in [0.2, 0.25) is 0 Å². The molecule has 1 aromatic rings. The monoisotopic (exact) mass is 319 g/mol. The van der Waals surface area contributed by atoms with Gasteiger partial charge in [-0.25, -0.2) is 4.79 Å². The van der Waals surface area contributed by atoms with E-state index in [-0.39, 0.29) is 5.97 Å². The molecule has 1 aliphatic heterocycles. The zero-order valence-corrected chi connectivity index (χ0v) is 14.3. The van der Waals surface area contributed by atoms with Crippen molar-refractivity contribution in [2.24, 2.45) is 5.92 Å². The Balaban J connectivity index is 2.15. The lowest BCUT2D eigenvalue weighted by Crippen LogP contribution is -2.42. The number of benzene rings is 1. The standard InChI is InChI=1S/C18H25NO4/c1-12-15(6-5-7-16(12)22-13(2)20)17(21)23-18(3,4)14-8-10-19-11-9-14/h5-7,14,19H,8-11H2,1-4H3. The van der Waals surface area contributed by atoms with Crippen LogP contribution < -0.4 is 10.1 Å². The number of esters is 2. The fourth-order valence-corrected chi connectivity index (χ4v) is 3.00. The molecule has 0 saturated carbocycles. The van der Waals surface area contributed by atoms with Crippen molar-refractivity contribution >= 4 is 11.9 Å². The van der Waals surface area contributed by atoms with Gasteiger partial charge in [-0.1, -0.05) is 6.07 Å². The zero-order valence-electron chi connectivity index (χ0n) is 14.3. The van der Waals surface area contributed by atoms with Crippen molar-refractivity contribution in [2.75, 3.05) is 13.1 Å². The number of piperidine rings is 1. The second-order valence-electron chi connectivity index (χ2n) is 6.54. The highest BCUT2D eigenvalue weighted by atomic mass is 16.6. The van der Waals surface area contributed by atoms with Gasteiger partial charge < -0.3 is 14.8 Å². The van der Waals surface area contributed by atoms with E-state index in [9.17, 15) is 9.59 Å². The van der Waals surface area contributed by atoms with Gasteiger partial charge in [0.25, 0.3) is 0 Å². The van der Waals surface area contributed by atoms with Gasteiger partial charge in [-0.2, -0.15) is 0 Å². The molecule has 1 fully saturated rings. The first-order valence-electron chi connectivity index (χ1n) is 8.03. The van der Waals surface area contributed by atoms with Gasteiger partial charge in [0.15, 0.2) is 0 Å². The molecule has 2 rings (SSSR count). The Bertz CT molecular complexity index is 589. The molecular formula is C18H25NO4. The summed E-state index contributed by atoms with van der Waals surface area (Å²) in [4.78, 5) is 23.7. The van der Waals surface area contributed by atoms with Gasteiger partial charge in [0.05, 0.1) is 5.56 Å². The molecular weight excluding hydrogens is 294 g/mol. The normalized spacial score (nSPS) is 16.0. The Labute approximate surface area is 137 Å². The second kappa shape index (κ2) is 7.13. The first kappa shape index (κ1) is 17.5. The molecule has 0 atom stereocenters. The summed E-state index contributed by atoms with van der Waals surface area (Å²) >= 11 is 0. The van der Waals surface area contributed by atoms with Gasteiger partial charge in [-0.3, -0.25) is 4.79 Å². The topological polar surface area (TPSA) is 64.6 Å². The average Bonchev–Trinajstić information content (AvgIpc) is 2.49. The van der Waals surface area contributed by atoms with Crippen molar-refractivity contribution in [3.63, 3.8) is 0 Å². The highest BCUT2D eigenvalue weighted by Gasteiger charge is 2.34. The summed E-state index contributed by atoms with van der Waals surface area (Å²) in [5.41, 5.74) is 0.530. The Kier molecular flexibility index (Phi) is 5.42. The van der Waals surface area contributed by atoms with Crippen LogP contribution in [0.3, 0.4) is 0 Å². The average molecular weight is 319 g/mol. The summed E-state index contributed by atoms with van der Waals surface area (Å²) in [5, 5.41) is 3.32. The van der Waals surface area contributed by atoms with Gasteiger partial charge in [-0.05, 0) is 58.8 Å². The molecule has 0 amide bonds. The van der Waals surface area contributed by atoms with E-state index < -0.39 is 11.6 Å². The number of carbonyl (C=O) groups is 2. The van der Waals surface area contributed by atoms with Gasteiger partial charge in [0.1, 0.15) is 11.4 Å². The van der Waals surface area contributed by atoms with Crippen molar-refractivity contribution in [3.8, 4) is 5.75 Å². The minimum absolute atomic E-state index is 0.338. The number of nitrogens with one attached hydrogen (secondary N) is 1. The molecule has 0 unspecified atom stereocenters. The largest absolute Gasteiger partial charge is 0.456 e. The lowest BCUT2D eigenvalue weighted by Gasteiger charge is -2.36. The van der Waals surface area contributed by atoms with Crippen LogP contribution in [0.5, 0.6) is 5.75 Å². The molecule has 1 saturated heterocycles. The first-order chi connectivity index (χ1) is 10.8. The van der Waals surface area contributed by atoms with Crippen molar-refractivity contribution < 1.29 is 19.1 Å². The summed E-state index contributed by atoms with van der Waals surface area (Å²) in [6.45, 7) is 8.93. The maximum Gasteiger partial charge on any atom is 0.339 e. The second-order valence-corrected chi connectivity index (χ2v) is 6.54. The molecule has 1 aromatic carbocycles. The molecule has 5 nitrogen and oxygen atoms in total. The van der Waals surface area contributed by atoms with Crippen LogP contribution in [0.25, 0.3) is 0 Å². The number of carbonyl (C=O) groups excluding carboxylic acids is 2. The van der Waals surface area contributed by atoms with Crippen LogP contribution in [0.4, 0.5) is 0 Å². The Morgan fingerprint density at radius 2 is 1.87 bits per heavy atom. The minimum Gasteiger partial charge on any atom is -0.456 e. The SMILES string of the molecule is CC(=O)Oc1cccc(C(=O)OC(C)(C)C2CCNCC2)c1C. The van der Waals surface area contributed by atoms with E-state index in [0.29, 0.717) is 22.8 Å². The zero-order chi connectivity index (χ0) is 17.0. The van der Waals surface area contributed by atoms with Crippen molar-refractivity contribution in [2.45, 2.75) is 46.1 Å². The van der Waals surface area contributed by atoms with E-state index in [1.54, 1.807) is 25.1 Å². The Hall–Kier alpha value is -1.88. The van der Waals surface area contributed by atoms with E-state index in [0.717, 1.165) is 25.9 Å². The third kappa shape index (κ3) is 4.32. The van der Waals surface area contributed by atoms with Crippen LogP contribution in [0.2, 0.25) is 0 Å². The fraction of sp³-hybridized carbons (Fsp3) is 0.556. The van der Waals surface area contributed by atoms with Crippen LogP contribution in [0.1, 0.15) is 49.5 Å². The third-order valence-corrected chi connectivity index (χ3v) is 4.44. The Morgan fingerprint density at radius 3 is 2.48 bits per heavy atom. The summed E-state index contributed by atoms with van der Waals surface area (Å²) in [7, 11) is 0. The molecule has 1 N–H and O–H groups in total. The van der Waals surface area contributed by atoms with E-state index in [1.165, 1.54) is 6.92 Å². The fourth-order valence-electron chi connectivity index (χ4n) is 3.00. The molecule has 1 aliphatic rings. The predicted molar refractivity (Wildman–Crippen MR) is 87.6 cm³/mol. The highest BCUT2D eigenvalue weighted by molar-refractivity contribution is 5.92. The summed E-state index contributed by atoms with van der Waals surface area (Å²) < 4.78 is 10.9. The van der Waals surface area contributed by atoms with Crippen LogP contribution in [0, 0.1) is 12.8 Å². The van der Waals surface area contributed by atoms with Crippen molar-refractivity contribution in [1.29, 1.82) is 0 Å². The van der Waals surface area contributed by atoms with E-state index in [1.807, 2.05) is 13.8 Å². The van der Waals surface area contributed by atoms with E-state index >= 15 is 0 Å². The number of rotatable bonds is 4. The van der Waals surface area contributed by atoms with Crippen LogP contribution >= 0.6 is 0 Å². The van der Waals surface area contributed by atoms with E-state index in [4.69, 9.17) is 9.47 Å². The molecule has 0 aromatic heterocycles. The van der Waals surface area contributed by atoms with Crippen LogP contribution in [0.15, 0.2) is 18.2 Å². The van der Waals surface area contributed by atoms with Gasteiger partial charge >= 0.3 is 11.9 Å². The molecule has 126 valence electrons. The molecule has 0 aliphatic carbocycles. The number of ether oxygens (including phenoxy) is 2. The van der Waals surface area contributed by atoms with Crippen molar-refractivity contribution in [1.82, 2.24) is 5.32 Å². The predicted octanol–water partition coefficient (Wildman–Crippen LogP) is 2.86. The minimum atomic E-state index is -0.525. The summed E-state index contributed by atoms with van der Waals surface area (Å²) in [6, 6.07) is 5.06. The van der Waals surface area contributed by atoms with Gasteiger partial charge in [-0.15, -0.1) is 0 Å². The molecule has 5 heteroatoms. The van der Waals surface area contributed by atoms with Gasteiger partial charge in [0, 0.05) is 18.4 Å². The third-order valence-electron chi connectivity index (χ3n) is 4.44. The molecule has 1 heterocycles. The first-order valence-corrected chi connectivity index (χ1v) is 8.03. The molecule has 0 bridgehead atoms. The highest BCUT2D eigenvalue weighted by Crippen LogP contribution is 2.31. The molecule has 0 radical (unpaired) electrons. The Morgan fingerprint density at radius 1 is 1.22 bits per heavy atom.